The van der Waals surface area contributed by atoms with E-state index in [-0.39, 0.29) is 0 Å². The Hall–Kier alpha value is -2.39. The standard InChI is InChI=1S/C25H21N4S4/c1-5-11-22-18(7-1)26-24(32-22)30-15-13-28-17-29(21-10-4-3-9-20(21)28)14-16-31-25-27-19-8-2-6-12-23(19)33-25/h1-12,17H,13-16H2/q+1. The van der Waals surface area contributed by atoms with Gasteiger partial charge in [-0.2, -0.15) is 0 Å². The quantitative estimate of drug-likeness (QED) is 0.170. The Morgan fingerprint density at radius 2 is 1.33 bits per heavy atom. The highest BCUT2D eigenvalue weighted by Gasteiger charge is 2.16. The van der Waals surface area contributed by atoms with Gasteiger partial charge in [0.15, 0.2) is 19.7 Å². The Bertz CT molecular complexity index is 1370. The monoisotopic (exact) mass is 505 g/mol. The summed E-state index contributed by atoms with van der Waals surface area (Å²) in [5.74, 6) is 2.00. The number of aryl methyl sites for hydroxylation is 2. The van der Waals surface area contributed by atoms with Gasteiger partial charge in [-0.3, -0.25) is 0 Å². The molecule has 0 unspecified atom stereocenters. The zero-order valence-electron chi connectivity index (χ0n) is 17.8. The number of hydrogen-bond donors (Lipinski definition) is 0. The van der Waals surface area contributed by atoms with E-state index < -0.39 is 0 Å². The van der Waals surface area contributed by atoms with E-state index in [4.69, 9.17) is 9.97 Å². The van der Waals surface area contributed by atoms with E-state index in [2.05, 4.69) is 88.3 Å². The number of nitrogens with zero attached hydrogens (tertiary/aromatic N) is 4. The van der Waals surface area contributed by atoms with Crippen LogP contribution in [0.25, 0.3) is 31.5 Å². The minimum absolute atomic E-state index is 0.957. The van der Waals surface area contributed by atoms with Gasteiger partial charge in [-0.1, -0.05) is 59.9 Å². The number of fused-ring (bicyclic) bond motifs is 3. The molecule has 164 valence electrons. The van der Waals surface area contributed by atoms with E-state index in [1.54, 1.807) is 22.7 Å². The highest BCUT2D eigenvalue weighted by Crippen LogP contribution is 2.30. The Balaban J connectivity index is 1.13. The average Bonchev–Trinajstić information content (AvgIpc) is 3.54. The first-order chi connectivity index (χ1) is 16.3. The summed E-state index contributed by atoms with van der Waals surface area (Å²) >= 11 is 7.25. The molecule has 3 heterocycles. The molecular formula is C25H21N4S4+. The van der Waals surface area contributed by atoms with E-state index in [0.717, 1.165) is 44.3 Å². The first-order valence-corrected chi connectivity index (χ1v) is 14.4. The number of aromatic nitrogens is 4. The maximum atomic E-state index is 4.76. The summed E-state index contributed by atoms with van der Waals surface area (Å²) in [6.07, 6.45) is 2.27. The highest BCUT2D eigenvalue weighted by molar-refractivity contribution is 8.01. The van der Waals surface area contributed by atoms with E-state index in [9.17, 15) is 0 Å². The first-order valence-electron chi connectivity index (χ1n) is 10.8. The van der Waals surface area contributed by atoms with Crippen molar-refractivity contribution in [2.45, 2.75) is 21.8 Å². The first kappa shape index (κ1) is 21.2. The molecule has 0 radical (unpaired) electrons. The summed E-state index contributed by atoms with van der Waals surface area (Å²) in [6.45, 7) is 1.91. The van der Waals surface area contributed by atoms with Crippen molar-refractivity contribution in [1.82, 2.24) is 14.5 Å². The highest BCUT2D eigenvalue weighted by atomic mass is 32.2. The van der Waals surface area contributed by atoms with Crippen LogP contribution in [0.3, 0.4) is 0 Å². The van der Waals surface area contributed by atoms with Gasteiger partial charge >= 0.3 is 0 Å². The van der Waals surface area contributed by atoms with Crippen LogP contribution >= 0.6 is 46.2 Å². The fourth-order valence-electron chi connectivity index (χ4n) is 3.89. The fraction of sp³-hybridized carbons (Fsp3) is 0.160. The van der Waals surface area contributed by atoms with Crippen LogP contribution < -0.4 is 4.57 Å². The Morgan fingerprint density at radius 3 is 2.03 bits per heavy atom. The molecule has 0 amide bonds. The average molecular weight is 506 g/mol. The summed E-state index contributed by atoms with van der Waals surface area (Å²) in [7, 11) is 0. The zero-order valence-corrected chi connectivity index (χ0v) is 21.0. The molecule has 0 N–H and O–H groups in total. The fourth-order valence-corrected chi connectivity index (χ4v) is 8.04. The maximum Gasteiger partial charge on any atom is 0.244 e. The molecule has 3 aromatic carbocycles. The summed E-state index contributed by atoms with van der Waals surface area (Å²) in [4.78, 5) is 9.51. The summed E-state index contributed by atoms with van der Waals surface area (Å²) in [5, 5.41) is 0. The minimum Gasteiger partial charge on any atom is -0.230 e. The lowest BCUT2D eigenvalue weighted by atomic mass is 10.3. The second-order valence-electron chi connectivity index (χ2n) is 7.58. The molecule has 6 aromatic rings. The van der Waals surface area contributed by atoms with E-state index in [1.807, 2.05) is 23.5 Å². The molecule has 6 rings (SSSR count). The van der Waals surface area contributed by atoms with Gasteiger partial charge in [0.25, 0.3) is 0 Å². The lowest BCUT2D eigenvalue weighted by Gasteiger charge is -1.97. The van der Waals surface area contributed by atoms with Gasteiger partial charge in [0.2, 0.25) is 6.33 Å². The van der Waals surface area contributed by atoms with Gasteiger partial charge < -0.3 is 0 Å². The lowest BCUT2D eigenvalue weighted by molar-refractivity contribution is -0.667. The molecule has 0 aliphatic heterocycles. The third-order valence-corrected chi connectivity index (χ3v) is 9.76. The van der Waals surface area contributed by atoms with Crippen molar-refractivity contribution in [1.29, 1.82) is 0 Å². The molecule has 8 heteroatoms. The van der Waals surface area contributed by atoms with Gasteiger partial charge in [-0.15, -0.1) is 22.7 Å². The number of rotatable bonds is 8. The van der Waals surface area contributed by atoms with Gasteiger partial charge in [0.05, 0.1) is 33.5 Å². The van der Waals surface area contributed by atoms with Crippen LogP contribution in [-0.2, 0) is 13.1 Å². The van der Waals surface area contributed by atoms with Crippen LogP contribution in [0.1, 0.15) is 0 Å². The minimum atomic E-state index is 0.957. The molecule has 0 saturated heterocycles. The third kappa shape index (κ3) is 4.53. The Labute approximate surface area is 208 Å². The normalized spacial score (nSPS) is 11.8. The van der Waals surface area contributed by atoms with Crippen molar-refractivity contribution in [3.8, 4) is 0 Å². The van der Waals surface area contributed by atoms with Crippen LogP contribution in [-0.4, -0.2) is 26.0 Å². The van der Waals surface area contributed by atoms with Crippen molar-refractivity contribution in [3.63, 3.8) is 0 Å². The van der Waals surface area contributed by atoms with Gasteiger partial charge in [0, 0.05) is 11.5 Å². The van der Waals surface area contributed by atoms with Crippen molar-refractivity contribution < 1.29 is 4.57 Å². The van der Waals surface area contributed by atoms with Gasteiger partial charge in [-0.05, 0) is 36.4 Å². The largest absolute Gasteiger partial charge is 0.244 e. The third-order valence-electron chi connectivity index (χ3n) is 5.44. The van der Waals surface area contributed by atoms with Crippen LogP contribution in [0.15, 0.2) is 87.8 Å². The van der Waals surface area contributed by atoms with Crippen LogP contribution in [0, 0.1) is 0 Å². The van der Waals surface area contributed by atoms with Crippen molar-refractivity contribution in [2.24, 2.45) is 0 Å². The van der Waals surface area contributed by atoms with Gasteiger partial charge in [-0.25, -0.2) is 19.1 Å². The molecule has 0 fully saturated rings. The molecule has 0 saturated carbocycles. The lowest BCUT2D eigenvalue weighted by Crippen LogP contribution is -2.33. The van der Waals surface area contributed by atoms with Crippen LogP contribution in [0.4, 0.5) is 0 Å². The van der Waals surface area contributed by atoms with Crippen molar-refractivity contribution >= 4 is 77.7 Å². The molecule has 0 atom stereocenters. The topological polar surface area (TPSA) is 34.6 Å². The molecule has 0 aliphatic rings. The maximum absolute atomic E-state index is 4.76. The SMILES string of the molecule is c1ccc2sc(SCCn3c[n+](CCSc4nc5ccccc5s4)c4ccccc43)nc2c1. The number of hydrogen-bond acceptors (Lipinski definition) is 6. The molecule has 4 nitrogen and oxygen atoms in total. The molecule has 3 aromatic heterocycles. The molecular weight excluding hydrogens is 485 g/mol. The van der Waals surface area contributed by atoms with E-state index in [0.29, 0.717) is 0 Å². The molecule has 33 heavy (non-hydrogen) atoms. The van der Waals surface area contributed by atoms with Gasteiger partial charge in [0.1, 0.15) is 0 Å². The molecule has 0 spiro atoms. The molecule has 0 bridgehead atoms. The smallest absolute Gasteiger partial charge is 0.230 e. The number of benzene rings is 3. The zero-order chi connectivity index (χ0) is 22.0. The summed E-state index contributed by atoms with van der Waals surface area (Å²) in [6, 6.07) is 25.4. The predicted molar refractivity (Wildman–Crippen MR) is 143 cm³/mol. The second-order valence-corrected chi connectivity index (χ2v) is 12.3. The van der Waals surface area contributed by atoms with Crippen LogP contribution in [0.2, 0.25) is 0 Å². The van der Waals surface area contributed by atoms with Crippen molar-refractivity contribution in [2.75, 3.05) is 11.5 Å². The van der Waals surface area contributed by atoms with E-state index in [1.165, 1.54) is 20.4 Å². The Morgan fingerprint density at radius 1 is 0.727 bits per heavy atom. The molecule has 0 aliphatic carbocycles. The number of para-hydroxylation sites is 4. The second kappa shape index (κ2) is 9.46. The van der Waals surface area contributed by atoms with E-state index >= 15 is 0 Å². The Kier molecular flexibility index (Phi) is 6.07. The van der Waals surface area contributed by atoms with Crippen LogP contribution in [0.5, 0.6) is 0 Å². The number of thiazole rings is 2. The predicted octanol–water partition coefficient (Wildman–Crippen LogP) is 6.73. The summed E-state index contributed by atoms with van der Waals surface area (Å²) < 4.78 is 9.56. The number of thioether (sulfide) groups is 2. The van der Waals surface area contributed by atoms with Crippen molar-refractivity contribution in [3.05, 3.63) is 79.1 Å². The summed E-state index contributed by atoms with van der Waals surface area (Å²) in [5.41, 5.74) is 4.76. The number of imidazole rings is 1.